The molecule has 1 saturated heterocycles. The number of hydrogen-bond acceptors (Lipinski definition) is 4. The topological polar surface area (TPSA) is 45.2 Å². The third-order valence-corrected chi connectivity index (χ3v) is 4.27. The zero-order chi connectivity index (χ0) is 12.3. The summed E-state index contributed by atoms with van der Waals surface area (Å²) in [6.45, 7) is 3.97. The lowest BCUT2D eigenvalue weighted by Gasteiger charge is -2.26. The maximum atomic E-state index is 12.3. The molecule has 4 nitrogen and oxygen atoms in total. The Labute approximate surface area is 106 Å². The third-order valence-electron chi connectivity index (χ3n) is 3.35. The summed E-state index contributed by atoms with van der Waals surface area (Å²) in [5.41, 5.74) is 2.59. The molecule has 0 spiro atoms. The molecule has 0 aliphatic carbocycles. The van der Waals surface area contributed by atoms with E-state index in [1.807, 2.05) is 18.9 Å². The third kappa shape index (κ3) is 2.84. The Morgan fingerprint density at radius 2 is 2.35 bits per heavy atom. The van der Waals surface area contributed by atoms with E-state index in [0.29, 0.717) is 6.04 Å². The second-order valence-electron chi connectivity index (χ2n) is 4.52. The fourth-order valence-electron chi connectivity index (χ4n) is 2.22. The van der Waals surface area contributed by atoms with Crippen molar-refractivity contribution in [2.24, 2.45) is 0 Å². The fraction of sp³-hybridized carbons (Fsp3) is 0.667. The minimum atomic E-state index is 0.122. The number of nitrogens with one attached hydrogen (secondary N) is 1. The van der Waals surface area contributed by atoms with Gasteiger partial charge in [0.15, 0.2) is 0 Å². The quantitative estimate of drug-likeness (QED) is 0.872. The van der Waals surface area contributed by atoms with Crippen LogP contribution in [0.2, 0.25) is 0 Å². The number of carbonyl (C=O) groups is 1. The van der Waals surface area contributed by atoms with Gasteiger partial charge in [-0.1, -0.05) is 0 Å². The second-order valence-corrected chi connectivity index (χ2v) is 5.37. The van der Waals surface area contributed by atoms with Gasteiger partial charge in [-0.2, -0.15) is 0 Å². The van der Waals surface area contributed by atoms with Crippen molar-refractivity contribution in [2.45, 2.75) is 32.2 Å². The molecule has 1 N–H and O–H groups in total. The van der Waals surface area contributed by atoms with Crippen LogP contribution in [-0.2, 0) is 0 Å². The summed E-state index contributed by atoms with van der Waals surface area (Å²) in [6, 6.07) is 0.360. The Balaban J connectivity index is 2.06. The number of nitrogens with zero attached hydrogens (tertiary/aromatic N) is 2. The van der Waals surface area contributed by atoms with E-state index in [9.17, 15) is 4.79 Å². The minimum Gasteiger partial charge on any atom is -0.338 e. The van der Waals surface area contributed by atoms with E-state index in [4.69, 9.17) is 0 Å². The molecular formula is C12H19N3OS. The maximum Gasteiger partial charge on any atom is 0.265 e. The van der Waals surface area contributed by atoms with E-state index in [0.717, 1.165) is 42.9 Å². The van der Waals surface area contributed by atoms with Gasteiger partial charge in [-0.3, -0.25) is 4.79 Å². The van der Waals surface area contributed by atoms with Gasteiger partial charge in [-0.15, -0.1) is 11.3 Å². The Hall–Kier alpha value is -0.940. The van der Waals surface area contributed by atoms with Crippen molar-refractivity contribution in [1.29, 1.82) is 0 Å². The number of aromatic nitrogens is 1. The molecule has 94 valence electrons. The SMILES string of the molecule is Cc1ncsc1C(=O)N(C)C1CCCNCC1. The number of rotatable bonds is 2. The Bertz CT molecular complexity index is 383. The standard InChI is InChI=1S/C12H19N3OS/c1-9-11(17-8-14-9)12(16)15(2)10-4-3-6-13-7-5-10/h8,10,13H,3-7H2,1-2H3. The molecule has 1 fully saturated rings. The summed E-state index contributed by atoms with van der Waals surface area (Å²) in [6.07, 6.45) is 3.27. The first-order valence-corrected chi connectivity index (χ1v) is 6.96. The first kappa shape index (κ1) is 12.5. The fourth-order valence-corrected chi connectivity index (χ4v) is 3.01. The molecule has 1 aliphatic rings. The lowest BCUT2D eigenvalue weighted by atomic mass is 10.1. The highest BCUT2D eigenvalue weighted by Gasteiger charge is 2.24. The van der Waals surface area contributed by atoms with Crippen LogP contribution in [0.25, 0.3) is 0 Å². The van der Waals surface area contributed by atoms with E-state index in [1.54, 1.807) is 5.51 Å². The molecule has 1 aliphatic heterocycles. The van der Waals surface area contributed by atoms with Crippen LogP contribution >= 0.6 is 11.3 Å². The van der Waals surface area contributed by atoms with Crippen molar-refractivity contribution in [3.05, 3.63) is 16.1 Å². The number of hydrogen-bond donors (Lipinski definition) is 1. The van der Waals surface area contributed by atoms with Crippen molar-refractivity contribution in [3.8, 4) is 0 Å². The van der Waals surface area contributed by atoms with Crippen molar-refractivity contribution in [1.82, 2.24) is 15.2 Å². The summed E-state index contributed by atoms with van der Waals surface area (Å²) >= 11 is 1.44. The van der Waals surface area contributed by atoms with Crippen LogP contribution < -0.4 is 5.32 Å². The van der Waals surface area contributed by atoms with E-state index < -0.39 is 0 Å². The highest BCUT2D eigenvalue weighted by atomic mass is 32.1. The predicted molar refractivity (Wildman–Crippen MR) is 69.5 cm³/mol. The number of aryl methyl sites for hydroxylation is 1. The van der Waals surface area contributed by atoms with E-state index in [2.05, 4.69) is 10.3 Å². The molecule has 1 unspecified atom stereocenters. The summed E-state index contributed by atoms with van der Waals surface area (Å²) in [5.74, 6) is 0.122. The molecule has 2 heterocycles. The van der Waals surface area contributed by atoms with Gasteiger partial charge in [0.25, 0.3) is 5.91 Å². The van der Waals surface area contributed by atoms with Crippen molar-refractivity contribution < 1.29 is 4.79 Å². The van der Waals surface area contributed by atoms with Crippen molar-refractivity contribution in [3.63, 3.8) is 0 Å². The molecular weight excluding hydrogens is 234 g/mol. The molecule has 5 heteroatoms. The lowest BCUT2D eigenvalue weighted by Crippen LogP contribution is -2.37. The van der Waals surface area contributed by atoms with Gasteiger partial charge in [0.2, 0.25) is 0 Å². The molecule has 17 heavy (non-hydrogen) atoms. The zero-order valence-corrected chi connectivity index (χ0v) is 11.2. The van der Waals surface area contributed by atoms with Crippen LogP contribution in [0.3, 0.4) is 0 Å². The van der Waals surface area contributed by atoms with Crippen LogP contribution in [0.15, 0.2) is 5.51 Å². The molecule has 0 radical (unpaired) electrons. The van der Waals surface area contributed by atoms with Gasteiger partial charge in [0.05, 0.1) is 11.2 Å². The molecule has 1 amide bonds. The average Bonchev–Trinajstić information content (AvgIpc) is 2.60. The molecule has 1 aromatic heterocycles. The molecule has 1 atom stereocenters. The first-order valence-electron chi connectivity index (χ1n) is 6.08. The van der Waals surface area contributed by atoms with E-state index in [-0.39, 0.29) is 5.91 Å². The molecule has 0 saturated carbocycles. The van der Waals surface area contributed by atoms with Gasteiger partial charge in [-0.25, -0.2) is 4.98 Å². The number of thiazole rings is 1. The van der Waals surface area contributed by atoms with Gasteiger partial charge >= 0.3 is 0 Å². The largest absolute Gasteiger partial charge is 0.338 e. The summed E-state index contributed by atoms with van der Waals surface area (Å²) in [5, 5.41) is 3.37. The highest BCUT2D eigenvalue weighted by Crippen LogP contribution is 2.19. The molecule has 0 aromatic carbocycles. The molecule has 0 bridgehead atoms. The summed E-state index contributed by atoms with van der Waals surface area (Å²) in [7, 11) is 1.91. The van der Waals surface area contributed by atoms with Crippen LogP contribution in [0.4, 0.5) is 0 Å². The van der Waals surface area contributed by atoms with Crippen LogP contribution in [0, 0.1) is 6.92 Å². The second kappa shape index (κ2) is 5.60. The first-order chi connectivity index (χ1) is 8.20. The normalized spacial score (nSPS) is 20.9. The minimum absolute atomic E-state index is 0.122. The van der Waals surface area contributed by atoms with Crippen LogP contribution in [0.1, 0.15) is 34.6 Å². The van der Waals surface area contributed by atoms with Crippen LogP contribution in [0.5, 0.6) is 0 Å². The summed E-state index contributed by atoms with van der Waals surface area (Å²) < 4.78 is 0. The lowest BCUT2D eigenvalue weighted by molar-refractivity contribution is 0.0724. The zero-order valence-electron chi connectivity index (χ0n) is 10.4. The number of carbonyl (C=O) groups excluding carboxylic acids is 1. The van der Waals surface area contributed by atoms with Gasteiger partial charge in [0.1, 0.15) is 4.88 Å². The molecule has 1 aromatic rings. The van der Waals surface area contributed by atoms with Crippen LogP contribution in [-0.4, -0.2) is 42.0 Å². The highest BCUT2D eigenvalue weighted by molar-refractivity contribution is 7.11. The Kier molecular flexibility index (Phi) is 4.12. The van der Waals surface area contributed by atoms with E-state index in [1.165, 1.54) is 11.3 Å². The van der Waals surface area contributed by atoms with Gasteiger partial charge < -0.3 is 10.2 Å². The van der Waals surface area contributed by atoms with Gasteiger partial charge in [0, 0.05) is 13.1 Å². The average molecular weight is 253 g/mol. The molecule has 2 rings (SSSR count). The Morgan fingerprint density at radius 1 is 1.53 bits per heavy atom. The number of amides is 1. The Morgan fingerprint density at radius 3 is 3.06 bits per heavy atom. The van der Waals surface area contributed by atoms with Crippen molar-refractivity contribution >= 4 is 17.2 Å². The summed E-state index contributed by atoms with van der Waals surface area (Å²) in [4.78, 5) is 19.1. The maximum absolute atomic E-state index is 12.3. The smallest absolute Gasteiger partial charge is 0.265 e. The van der Waals surface area contributed by atoms with Gasteiger partial charge in [-0.05, 0) is 39.3 Å². The van der Waals surface area contributed by atoms with Crippen molar-refractivity contribution in [2.75, 3.05) is 20.1 Å². The monoisotopic (exact) mass is 253 g/mol. The van der Waals surface area contributed by atoms with E-state index >= 15 is 0 Å². The predicted octanol–water partition coefficient (Wildman–Crippen LogP) is 1.67.